The maximum Gasteiger partial charge on any atom is 0.401 e. The molecule has 19 heavy (non-hydrogen) atoms. The molecule has 0 aliphatic carbocycles. The van der Waals surface area contributed by atoms with E-state index in [1.165, 1.54) is 11.9 Å². The maximum atomic E-state index is 12.5. The van der Waals surface area contributed by atoms with Crippen molar-refractivity contribution in [3.8, 4) is 0 Å². The highest BCUT2D eigenvalue weighted by Crippen LogP contribution is 2.31. The van der Waals surface area contributed by atoms with Crippen LogP contribution in [0.15, 0.2) is 24.3 Å². The van der Waals surface area contributed by atoms with Gasteiger partial charge in [0.1, 0.15) is 0 Å². The Bertz CT molecular complexity index is 409. The summed E-state index contributed by atoms with van der Waals surface area (Å²) in [5, 5.41) is 0.436. The van der Waals surface area contributed by atoms with Crippen molar-refractivity contribution in [1.29, 1.82) is 0 Å². The lowest BCUT2D eigenvalue weighted by Gasteiger charge is -2.33. The van der Waals surface area contributed by atoms with E-state index >= 15 is 0 Å². The summed E-state index contributed by atoms with van der Waals surface area (Å²) >= 11 is 6.07. The molecule has 1 aromatic rings. The monoisotopic (exact) mass is 294 g/mol. The van der Waals surface area contributed by atoms with Gasteiger partial charge in [-0.15, -0.1) is 0 Å². The molecule has 0 amide bonds. The smallest absolute Gasteiger partial charge is 0.326 e. The molecule has 1 rings (SSSR count). The SMILES string of the molecule is CCC(N)C(c1ccccc1Cl)N(C)CC(F)(F)F. The number of nitrogens with zero attached hydrogens (tertiary/aromatic N) is 1. The van der Waals surface area contributed by atoms with Gasteiger partial charge in [0.15, 0.2) is 0 Å². The minimum Gasteiger partial charge on any atom is -0.326 e. The molecule has 0 saturated carbocycles. The summed E-state index contributed by atoms with van der Waals surface area (Å²) in [5.74, 6) is 0. The molecule has 0 saturated heterocycles. The zero-order chi connectivity index (χ0) is 14.6. The van der Waals surface area contributed by atoms with Gasteiger partial charge in [-0.1, -0.05) is 36.7 Å². The molecule has 2 nitrogen and oxygen atoms in total. The number of rotatable bonds is 5. The Hall–Kier alpha value is -0.780. The zero-order valence-corrected chi connectivity index (χ0v) is 11.7. The van der Waals surface area contributed by atoms with E-state index < -0.39 is 24.8 Å². The fourth-order valence-corrected chi connectivity index (χ4v) is 2.36. The lowest BCUT2D eigenvalue weighted by molar-refractivity contribution is -0.148. The molecule has 2 atom stereocenters. The van der Waals surface area contributed by atoms with Crippen molar-refractivity contribution in [1.82, 2.24) is 4.90 Å². The van der Waals surface area contributed by atoms with Crippen LogP contribution in [0.4, 0.5) is 13.2 Å². The van der Waals surface area contributed by atoms with Crippen LogP contribution in [-0.4, -0.2) is 30.7 Å². The third-order valence-corrected chi connectivity index (χ3v) is 3.35. The third-order valence-electron chi connectivity index (χ3n) is 3.00. The van der Waals surface area contributed by atoms with Gasteiger partial charge in [0.25, 0.3) is 0 Å². The maximum absolute atomic E-state index is 12.5. The van der Waals surface area contributed by atoms with Crippen LogP contribution in [0.3, 0.4) is 0 Å². The molecule has 0 bridgehead atoms. The Labute approximate surface area is 116 Å². The largest absolute Gasteiger partial charge is 0.401 e. The van der Waals surface area contributed by atoms with Crippen molar-refractivity contribution in [2.75, 3.05) is 13.6 Å². The van der Waals surface area contributed by atoms with Crippen LogP contribution in [0.5, 0.6) is 0 Å². The molecule has 1 aromatic carbocycles. The molecule has 108 valence electrons. The lowest BCUT2D eigenvalue weighted by atomic mass is 9.96. The predicted molar refractivity (Wildman–Crippen MR) is 71.1 cm³/mol. The molecule has 0 fully saturated rings. The highest BCUT2D eigenvalue weighted by molar-refractivity contribution is 6.31. The molecule has 2 unspecified atom stereocenters. The quantitative estimate of drug-likeness (QED) is 0.899. The van der Waals surface area contributed by atoms with Gasteiger partial charge >= 0.3 is 6.18 Å². The van der Waals surface area contributed by atoms with E-state index in [-0.39, 0.29) is 0 Å². The number of likely N-dealkylation sites (N-methyl/N-ethyl adjacent to an activating group) is 1. The predicted octanol–water partition coefficient (Wildman–Crippen LogP) is 3.61. The number of alkyl halides is 3. The van der Waals surface area contributed by atoms with Crippen molar-refractivity contribution in [2.24, 2.45) is 5.73 Å². The van der Waals surface area contributed by atoms with E-state index in [4.69, 9.17) is 17.3 Å². The molecule has 0 spiro atoms. The van der Waals surface area contributed by atoms with Gasteiger partial charge in [-0.25, -0.2) is 0 Å². The van der Waals surface area contributed by atoms with E-state index in [1.807, 2.05) is 6.92 Å². The molecular formula is C13H18ClF3N2. The first kappa shape index (κ1) is 16.3. The van der Waals surface area contributed by atoms with Crippen LogP contribution < -0.4 is 5.73 Å². The van der Waals surface area contributed by atoms with Gasteiger partial charge in [0.05, 0.1) is 12.6 Å². The molecule has 6 heteroatoms. The summed E-state index contributed by atoms with van der Waals surface area (Å²) < 4.78 is 37.6. The van der Waals surface area contributed by atoms with Crippen molar-refractivity contribution in [3.05, 3.63) is 34.9 Å². The second-order valence-electron chi connectivity index (χ2n) is 4.57. The molecule has 0 aliphatic rings. The van der Waals surface area contributed by atoms with Gasteiger partial charge in [0.2, 0.25) is 0 Å². The fourth-order valence-electron chi connectivity index (χ4n) is 2.11. The van der Waals surface area contributed by atoms with E-state index in [1.54, 1.807) is 24.3 Å². The van der Waals surface area contributed by atoms with Gasteiger partial charge in [0, 0.05) is 11.1 Å². The summed E-state index contributed by atoms with van der Waals surface area (Å²) in [7, 11) is 1.41. The second kappa shape index (κ2) is 6.59. The van der Waals surface area contributed by atoms with Crippen LogP contribution in [0, 0.1) is 0 Å². The van der Waals surface area contributed by atoms with Gasteiger partial charge in [-0.2, -0.15) is 13.2 Å². The average molecular weight is 295 g/mol. The molecule has 0 heterocycles. The molecule has 0 radical (unpaired) electrons. The summed E-state index contributed by atoms with van der Waals surface area (Å²) in [6.45, 7) is 0.826. The molecule has 2 N–H and O–H groups in total. The summed E-state index contributed by atoms with van der Waals surface area (Å²) in [6.07, 6.45) is -3.69. The van der Waals surface area contributed by atoms with E-state index in [9.17, 15) is 13.2 Å². The number of hydrogen-bond acceptors (Lipinski definition) is 2. The van der Waals surface area contributed by atoms with Crippen LogP contribution in [0.1, 0.15) is 24.9 Å². The Morgan fingerprint density at radius 1 is 1.32 bits per heavy atom. The number of hydrogen-bond donors (Lipinski definition) is 1. The van der Waals surface area contributed by atoms with Crippen LogP contribution in [-0.2, 0) is 0 Å². The average Bonchev–Trinajstić information content (AvgIpc) is 2.29. The van der Waals surface area contributed by atoms with Crippen molar-refractivity contribution in [2.45, 2.75) is 31.6 Å². The first-order valence-corrected chi connectivity index (χ1v) is 6.41. The summed E-state index contributed by atoms with van der Waals surface area (Å²) in [5.41, 5.74) is 6.60. The van der Waals surface area contributed by atoms with Crippen molar-refractivity contribution >= 4 is 11.6 Å². The lowest BCUT2D eigenvalue weighted by Crippen LogP contribution is -2.43. The topological polar surface area (TPSA) is 29.3 Å². The Morgan fingerprint density at radius 3 is 2.37 bits per heavy atom. The number of benzene rings is 1. The minimum atomic E-state index is -4.26. The van der Waals surface area contributed by atoms with Crippen LogP contribution in [0.25, 0.3) is 0 Å². The molecular weight excluding hydrogens is 277 g/mol. The Balaban J connectivity index is 3.05. The Morgan fingerprint density at radius 2 is 1.89 bits per heavy atom. The van der Waals surface area contributed by atoms with Gasteiger partial charge in [-0.3, -0.25) is 4.90 Å². The van der Waals surface area contributed by atoms with E-state index in [0.717, 1.165) is 0 Å². The first-order valence-electron chi connectivity index (χ1n) is 6.03. The Kier molecular flexibility index (Phi) is 5.64. The van der Waals surface area contributed by atoms with E-state index in [2.05, 4.69) is 0 Å². The van der Waals surface area contributed by atoms with Crippen molar-refractivity contribution < 1.29 is 13.2 Å². The highest BCUT2D eigenvalue weighted by Gasteiger charge is 2.34. The van der Waals surface area contributed by atoms with Gasteiger partial charge < -0.3 is 5.73 Å². The summed E-state index contributed by atoms with van der Waals surface area (Å²) in [4.78, 5) is 1.20. The first-order chi connectivity index (χ1) is 8.76. The summed E-state index contributed by atoms with van der Waals surface area (Å²) in [6, 6.07) is 5.90. The minimum absolute atomic E-state index is 0.410. The van der Waals surface area contributed by atoms with Crippen LogP contribution in [0.2, 0.25) is 5.02 Å². The standard InChI is InChI=1S/C13H18ClF3N2/c1-3-11(18)12(19(2)8-13(15,16)17)9-6-4-5-7-10(9)14/h4-7,11-12H,3,8,18H2,1-2H3. The molecule has 0 aliphatic heterocycles. The van der Waals surface area contributed by atoms with Gasteiger partial charge in [-0.05, 0) is 25.1 Å². The molecule has 0 aromatic heterocycles. The number of nitrogens with two attached hydrogens (primary N) is 1. The zero-order valence-electron chi connectivity index (χ0n) is 10.9. The second-order valence-corrected chi connectivity index (χ2v) is 4.98. The number of halogens is 4. The fraction of sp³-hybridized carbons (Fsp3) is 0.538. The van der Waals surface area contributed by atoms with Crippen molar-refractivity contribution in [3.63, 3.8) is 0 Å². The normalized spacial score (nSPS) is 15.6. The third kappa shape index (κ3) is 4.67. The highest BCUT2D eigenvalue weighted by atomic mass is 35.5. The van der Waals surface area contributed by atoms with Crippen LogP contribution >= 0.6 is 11.6 Å². The van der Waals surface area contributed by atoms with E-state index in [0.29, 0.717) is 17.0 Å².